The fourth-order valence-corrected chi connectivity index (χ4v) is 6.54. The van der Waals surface area contributed by atoms with Gasteiger partial charge in [-0.15, -0.1) is 11.8 Å². The van der Waals surface area contributed by atoms with Crippen molar-refractivity contribution >= 4 is 51.1 Å². The van der Waals surface area contributed by atoms with Gasteiger partial charge in [-0.3, -0.25) is 9.36 Å². The van der Waals surface area contributed by atoms with Gasteiger partial charge in [0.25, 0.3) is 5.56 Å². The van der Waals surface area contributed by atoms with Crippen molar-refractivity contribution in [3.8, 4) is 11.3 Å². The fraction of sp³-hybridized carbons (Fsp3) is 0.207. The molecule has 1 aliphatic heterocycles. The Morgan fingerprint density at radius 2 is 1.95 bits per heavy atom. The van der Waals surface area contributed by atoms with Gasteiger partial charge in [0, 0.05) is 21.0 Å². The van der Waals surface area contributed by atoms with Crippen LogP contribution in [-0.2, 0) is 9.53 Å². The standard InChI is InChI=1S/C29H25BrN2O4S2/c1-5-35-28(34)25-17(3)31-29-32(26(25)18-7-10-20(37-4)11-8-18)27(33)24(38-29)15-19-9-13-23(36-19)21-12-6-16(2)14-22(21)30/h6-15,26H,5H2,1-4H3/b24-15-/t26-/m0/s1. The largest absolute Gasteiger partial charge is 0.463 e. The summed E-state index contributed by atoms with van der Waals surface area (Å²) < 4.78 is 14.4. The van der Waals surface area contributed by atoms with E-state index in [1.54, 1.807) is 36.3 Å². The lowest BCUT2D eigenvalue weighted by atomic mass is 9.96. The van der Waals surface area contributed by atoms with Crippen LogP contribution in [0, 0.1) is 6.92 Å². The molecule has 1 atom stereocenters. The predicted molar refractivity (Wildman–Crippen MR) is 155 cm³/mol. The average Bonchev–Trinajstić information content (AvgIpc) is 3.47. The van der Waals surface area contributed by atoms with E-state index in [1.165, 1.54) is 11.3 Å². The lowest BCUT2D eigenvalue weighted by molar-refractivity contribution is -0.139. The average molecular weight is 610 g/mol. The molecular weight excluding hydrogens is 584 g/mol. The minimum Gasteiger partial charge on any atom is -0.463 e. The topological polar surface area (TPSA) is 73.8 Å². The molecule has 38 heavy (non-hydrogen) atoms. The lowest BCUT2D eigenvalue weighted by Gasteiger charge is -2.24. The Morgan fingerprint density at radius 1 is 1.18 bits per heavy atom. The Balaban J connectivity index is 1.63. The first-order valence-electron chi connectivity index (χ1n) is 12.0. The highest BCUT2D eigenvalue weighted by Gasteiger charge is 2.33. The van der Waals surface area contributed by atoms with Gasteiger partial charge in [-0.1, -0.05) is 45.5 Å². The Kier molecular flexibility index (Phi) is 7.61. The van der Waals surface area contributed by atoms with Crippen LogP contribution >= 0.6 is 39.0 Å². The summed E-state index contributed by atoms with van der Waals surface area (Å²) in [7, 11) is 0. The van der Waals surface area contributed by atoms with Crippen LogP contribution in [0.15, 0.2) is 89.4 Å². The SMILES string of the molecule is CCOC(=O)C1=C(C)N=c2s/c(=C\c3ccc(-c4ccc(C)cc4Br)o3)c(=O)n2[C@H]1c1ccc(SC)cc1. The molecule has 4 aromatic rings. The predicted octanol–water partition coefficient (Wildman–Crippen LogP) is 5.85. The number of halogens is 1. The number of allylic oxidation sites excluding steroid dienone is 1. The Morgan fingerprint density at radius 3 is 2.63 bits per heavy atom. The van der Waals surface area contributed by atoms with E-state index in [0.29, 0.717) is 32.1 Å². The van der Waals surface area contributed by atoms with Gasteiger partial charge in [0.15, 0.2) is 4.80 Å². The van der Waals surface area contributed by atoms with Gasteiger partial charge in [-0.25, -0.2) is 9.79 Å². The van der Waals surface area contributed by atoms with Gasteiger partial charge >= 0.3 is 5.97 Å². The molecule has 3 heterocycles. The maximum atomic E-state index is 13.8. The summed E-state index contributed by atoms with van der Waals surface area (Å²) in [5, 5.41) is 0. The van der Waals surface area contributed by atoms with Crippen LogP contribution in [0.1, 0.15) is 36.8 Å². The van der Waals surface area contributed by atoms with Crippen molar-refractivity contribution in [3.05, 3.63) is 107 Å². The number of hydrogen-bond donors (Lipinski definition) is 0. The molecule has 0 fully saturated rings. The van der Waals surface area contributed by atoms with Crippen molar-refractivity contribution in [1.29, 1.82) is 0 Å². The smallest absolute Gasteiger partial charge is 0.338 e. The van der Waals surface area contributed by atoms with Gasteiger partial charge in [0.05, 0.1) is 28.5 Å². The molecular formula is C29H25BrN2O4S2. The zero-order valence-corrected chi connectivity index (χ0v) is 24.5. The third-order valence-electron chi connectivity index (χ3n) is 6.24. The van der Waals surface area contributed by atoms with Crippen LogP contribution < -0.4 is 14.9 Å². The highest BCUT2D eigenvalue weighted by Crippen LogP contribution is 2.32. The quantitative estimate of drug-likeness (QED) is 0.203. The number of thiazole rings is 1. The molecule has 1 aliphatic rings. The van der Waals surface area contributed by atoms with Crippen LogP contribution in [0.2, 0.25) is 0 Å². The number of aryl methyl sites for hydroxylation is 1. The first kappa shape index (κ1) is 26.5. The molecule has 0 bridgehead atoms. The van der Waals surface area contributed by atoms with Crippen LogP contribution in [0.25, 0.3) is 17.4 Å². The molecule has 9 heteroatoms. The highest BCUT2D eigenvalue weighted by atomic mass is 79.9. The van der Waals surface area contributed by atoms with Gasteiger partial charge in [0.2, 0.25) is 0 Å². The molecule has 0 amide bonds. The van der Waals surface area contributed by atoms with E-state index in [1.807, 2.05) is 67.8 Å². The zero-order valence-electron chi connectivity index (χ0n) is 21.3. The van der Waals surface area contributed by atoms with Crippen LogP contribution in [0.3, 0.4) is 0 Å². The first-order chi connectivity index (χ1) is 18.3. The molecule has 0 aliphatic carbocycles. The zero-order chi connectivity index (χ0) is 27.0. The molecule has 2 aromatic heterocycles. The van der Waals surface area contributed by atoms with Gasteiger partial charge in [0.1, 0.15) is 11.5 Å². The molecule has 5 rings (SSSR count). The number of rotatable bonds is 6. The van der Waals surface area contributed by atoms with E-state index < -0.39 is 12.0 Å². The van der Waals surface area contributed by atoms with Gasteiger partial charge in [-0.2, -0.15) is 0 Å². The minimum atomic E-state index is -0.640. The Hall–Kier alpha value is -3.14. The fourth-order valence-electron chi connectivity index (χ4n) is 4.42. The lowest BCUT2D eigenvalue weighted by Crippen LogP contribution is -2.39. The number of hydrogen-bond acceptors (Lipinski definition) is 7. The molecule has 0 spiro atoms. The van der Waals surface area contributed by atoms with Crippen LogP contribution in [0.4, 0.5) is 0 Å². The van der Waals surface area contributed by atoms with Crippen molar-refractivity contribution in [2.24, 2.45) is 4.99 Å². The number of esters is 1. The molecule has 0 N–H and O–H groups in total. The molecule has 2 aromatic carbocycles. The summed E-state index contributed by atoms with van der Waals surface area (Å²) >= 11 is 6.51. The van der Waals surface area contributed by atoms with E-state index in [9.17, 15) is 9.59 Å². The molecule has 6 nitrogen and oxygen atoms in total. The second-order valence-electron chi connectivity index (χ2n) is 8.76. The number of carbonyl (C=O) groups excluding carboxylic acids is 1. The van der Waals surface area contributed by atoms with E-state index in [2.05, 4.69) is 20.9 Å². The summed E-state index contributed by atoms with van der Waals surface area (Å²) in [5.41, 5.74) is 3.56. The van der Waals surface area contributed by atoms with Crippen molar-refractivity contribution in [2.45, 2.75) is 31.7 Å². The maximum absolute atomic E-state index is 13.8. The monoisotopic (exact) mass is 608 g/mol. The van der Waals surface area contributed by atoms with E-state index in [0.717, 1.165) is 26.1 Å². The highest BCUT2D eigenvalue weighted by molar-refractivity contribution is 9.10. The number of benzene rings is 2. The van der Waals surface area contributed by atoms with Gasteiger partial charge < -0.3 is 9.15 Å². The van der Waals surface area contributed by atoms with Crippen molar-refractivity contribution in [1.82, 2.24) is 4.57 Å². The molecule has 194 valence electrons. The van der Waals surface area contributed by atoms with E-state index in [4.69, 9.17) is 9.15 Å². The van der Waals surface area contributed by atoms with Gasteiger partial charge in [-0.05, 0) is 74.6 Å². The number of thioether (sulfide) groups is 1. The number of aromatic nitrogens is 1. The summed E-state index contributed by atoms with van der Waals surface area (Å²) in [5.74, 6) is 0.782. The molecule has 0 unspecified atom stereocenters. The third-order valence-corrected chi connectivity index (χ3v) is 8.62. The minimum absolute atomic E-state index is 0.232. The summed E-state index contributed by atoms with van der Waals surface area (Å²) in [6.45, 7) is 5.81. The Bertz CT molecular complexity index is 1750. The number of nitrogens with zero attached hydrogens (tertiary/aromatic N) is 2. The Labute approximate surface area is 236 Å². The number of carbonyl (C=O) groups is 1. The number of furan rings is 1. The first-order valence-corrected chi connectivity index (χ1v) is 14.8. The number of fused-ring (bicyclic) bond motifs is 1. The van der Waals surface area contributed by atoms with Crippen LogP contribution in [-0.4, -0.2) is 23.4 Å². The maximum Gasteiger partial charge on any atom is 0.338 e. The third kappa shape index (κ3) is 4.98. The second kappa shape index (κ2) is 10.9. The van der Waals surface area contributed by atoms with Crippen molar-refractivity contribution in [3.63, 3.8) is 0 Å². The molecule has 0 radical (unpaired) electrons. The van der Waals surface area contributed by atoms with Crippen LogP contribution in [0.5, 0.6) is 0 Å². The molecule has 0 saturated heterocycles. The van der Waals surface area contributed by atoms with Crippen molar-refractivity contribution < 1.29 is 13.9 Å². The number of ether oxygens (including phenoxy) is 1. The summed E-state index contributed by atoms with van der Waals surface area (Å²) in [6.07, 6.45) is 3.73. The van der Waals surface area contributed by atoms with E-state index in [-0.39, 0.29) is 12.2 Å². The van der Waals surface area contributed by atoms with E-state index >= 15 is 0 Å². The second-order valence-corrected chi connectivity index (χ2v) is 11.5. The van der Waals surface area contributed by atoms with Crippen molar-refractivity contribution in [2.75, 3.05) is 12.9 Å². The summed E-state index contributed by atoms with van der Waals surface area (Å²) in [6, 6.07) is 17.0. The summed E-state index contributed by atoms with van der Waals surface area (Å²) in [4.78, 5) is 33.1. The normalized spacial score (nSPS) is 15.4. The molecule has 0 saturated carbocycles.